The Bertz CT molecular complexity index is 204. The van der Waals surface area contributed by atoms with Crippen LogP contribution in [0.25, 0.3) is 0 Å². The number of cyclic esters (lactones) is 1. The van der Waals surface area contributed by atoms with Crippen molar-refractivity contribution in [1.29, 1.82) is 0 Å². The Morgan fingerprint density at radius 3 is 3.17 bits per heavy atom. The lowest BCUT2D eigenvalue weighted by Crippen LogP contribution is -2.59. The molecule has 1 aliphatic heterocycles. The quantitative estimate of drug-likeness (QED) is 0.432. The molecule has 68 valence electrons. The van der Waals surface area contributed by atoms with E-state index in [2.05, 4.69) is 11.9 Å². The molecule has 1 saturated heterocycles. The number of aliphatic hydroxyl groups excluding tert-OH is 1. The van der Waals surface area contributed by atoms with E-state index in [1.165, 1.54) is 0 Å². The first kappa shape index (κ1) is 9.22. The summed E-state index contributed by atoms with van der Waals surface area (Å²) >= 11 is 0. The molecular weight excluding hydrogens is 158 g/mol. The second kappa shape index (κ2) is 3.25. The zero-order valence-corrected chi connectivity index (χ0v) is 7.04. The Morgan fingerprint density at radius 1 is 2.00 bits per heavy atom. The van der Waals surface area contributed by atoms with Crippen LogP contribution in [0.3, 0.4) is 0 Å². The van der Waals surface area contributed by atoms with E-state index in [-0.39, 0.29) is 13.2 Å². The van der Waals surface area contributed by atoms with Gasteiger partial charge in [0.1, 0.15) is 12.6 Å². The van der Waals surface area contributed by atoms with Crippen LogP contribution in [0.5, 0.6) is 0 Å². The Balaban J connectivity index is 2.67. The third-order valence-corrected chi connectivity index (χ3v) is 1.94. The van der Waals surface area contributed by atoms with Gasteiger partial charge in [-0.25, -0.2) is 0 Å². The number of aliphatic hydroxyl groups is 1. The Labute approximate surface area is 71.2 Å². The topological polar surface area (TPSA) is 58.6 Å². The summed E-state index contributed by atoms with van der Waals surface area (Å²) in [6, 6.07) is -0.623. The van der Waals surface area contributed by atoms with Crippen molar-refractivity contribution in [3.8, 4) is 0 Å². The predicted molar refractivity (Wildman–Crippen MR) is 43.6 cm³/mol. The van der Waals surface area contributed by atoms with E-state index >= 15 is 0 Å². The van der Waals surface area contributed by atoms with Gasteiger partial charge < -0.3 is 9.84 Å². The molecule has 0 radical (unpaired) electrons. The Morgan fingerprint density at radius 2 is 2.67 bits per heavy atom. The highest BCUT2D eigenvalue weighted by Gasteiger charge is 2.35. The van der Waals surface area contributed by atoms with Crippen LogP contribution < -0.4 is 5.32 Å². The molecule has 12 heavy (non-hydrogen) atoms. The van der Waals surface area contributed by atoms with E-state index in [1.807, 2.05) is 6.92 Å². The lowest BCUT2D eigenvalue weighted by molar-refractivity contribution is -0.154. The largest absolute Gasteiger partial charge is 0.462 e. The smallest absolute Gasteiger partial charge is 0.325 e. The average molecular weight is 171 g/mol. The molecule has 0 aliphatic carbocycles. The normalized spacial score (nSPS) is 35.8. The molecule has 0 aromatic heterocycles. The maximum Gasteiger partial charge on any atom is 0.325 e. The number of morpholine rings is 1. The van der Waals surface area contributed by atoms with Crippen LogP contribution in [-0.4, -0.2) is 35.9 Å². The van der Waals surface area contributed by atoms with Gasteiger partial charge in [-0.3, -0.25) is 10.1 Å². The minimum atomic E-state index is -0.623. The summed E-state index contributed by atoms with van der Waals surface area (Å²) in [7, 11) is 0. The summed E-state index contributed by atoms with van der Waals surface area (Å²) in [5.74, 6) is -0.406. The fourth-order valence-corrected chi connectivity index (χ4v) is 1.06. The van der Waals surface area contributed by atoms with E-state index in [4.69, 9.17) is 9.84 Å². The summed E-state index contributed by atoms with van der Waals surface area (Å²) in [6.07, 6.45) is 1.67. The van der Waals surface area contributed by atoms with Crippen LogP contribution in [0.1, 0.15) is 6.92 Å². The molecule has 1 aliphatic rings. The summed E-state index contributed by atoms with van der Waals surface area (Å²) in [5.41, 5.74) is -0.415. The van der Waals surface area contributed by atoms with Gasteiger partial charge in [0.05, 0.1) is 12.1 Å². The number of ether oxygens (including phenoxy) is 1. The zero-order chi connectivity index (χ0) is 9.19. The molecule has 0 aromatic rings. The number of carbonyl (C=O) groups is 1. The van der Waals surface area contributed by atoms with E-state index in [9.17, 15) is 4.79 Å². The maximum absolute atomic E-state index is 11.0. The van der Waals surface area contributed by atoms with Crippen LogP contribution in [-0.2, 0) is 9.53 Å². The van der Waals surface area contributed by atoms with Crippen molar-refractivity contribution < 1.29 is 14.6 Å². The maximum atomic E-state index is 11.0. The second-order valence-corrected chi connectivity index (χ2v) is 3.11. The first-order valence-electron chi connectivity index (χ1n) is 3.80. The monoisotopic (exact) mass is 171 g/mol. The lowest BCUT2D eigenvalue weighted by atomic mass is 10.0. The summed E-state index contributed by atoms with van der Waals surface area (Å²) < 4.78 is 4.86. The number of hydrogen-bond donors (Lipinski definition) is 2. The molecular formula is C8H13NO3. The molecule has 0 unspecified atom stereocenters. The highest BCUT2D eigenvalue weighted by molar-refractivity contribution is 5.77. The first-order chi connectivity index (χ1) is 5.61. The minimum Gasteiger partial charge on any atom is -0.462 e. The summed E-state index contributed by atoms with van der Waals surface area (Å²) in [5, 5.41) is 11.7. The standard InChI is InChI=1S/C8H13NO3/c1-3-8(2)5-12-7(11)6(4-10)9-8/h3,6,9-10H,1,4-5H2,2H3/t6-,8-/m0/s1. The van der Waals surface area contributed by atoms with Gasteiger partial charge in [-0.05, 0) is 6.92 Å². The number of rotatable bonds is 2. The van der Waals surface area contributed by atoms with Crippen molar-refractivity contribution in [2.75, 3.05) is 13.2 Å². The highest BCUT2D eigenvalue weighted by atomic mass is 16.5. The number of nitrogens with one attached hydrogen (secondary N) is 1. The number of hydrogen-bond acceptors (Lipinski definition) is 4. The van der Waals surface area contributed by atoms with Gasteiger partial charge >= 0.3 is 5.97 Å². The van der Waals surface area contributed by atoms with E-state index < -0.39 is 17.6 Å². The van der Waals surface area contributed by atoms with Crippen LogP contribution >= 0.6 is 0 Å². The highest BCUT2D eigenvalue weighted by Crippen LogP contribution is 2.13. The van der Waals surface area contributed by atoms with E-state index in [0.717, 1.165) is 0 Å². The van der Waals surface area contributed by atoms with Crippen LogP contribution in [0.4, 0.5) is 0 Å². The fraction of sp³-hybridized carbons (Fsp3) is 0.625. The lowest BCUT2D eigenvalue weighted by Gasteiger charge is -2.35. The first-order valence-corrected chi connectivity index (χ1v) is 3.80. The van der Waals surface area contributed by atoms with Gasteiger partial charge in [0.2, 0.25) is 0 Å². The van der Waals surface area contributed by atoms with Crippen molar-refractivity contribution in [3.63, 3.8) is 0 Å². The van der Waals surface area contributed by atoms with Crippen molar-refractivity contribution in [1.82, 2.24) is 5.32 Å². The van der Waals surface area contributed by atoms with Crippen LogP contribution in [0.2, 0.25) is 0 Å². The molecule has 1 heterocycles. The van der Waals surface area contributed by atoms with Gasteiger partial charge in [-0.2, -0.15) is 0 Å². The molecule has 0 amide bonds. The third kappa shape index (κ3) is 1.65. The van der Waals surface area contributed by atoms with Crippen LogP contribution in [0.15, 0.2) is 12.7 Å². The van der Waals surface area contributed by atoms with Crippen molar-refractivity contribution in [3.05, 3.63) is 12.7 Å². The van der Waals surface area contributed by atoms with E-state index in [1.54, 1.807) is 6.08 Å². The van der Waals surface area contributed by atoms with Crippen molar-refractivity contribution in [2.24, 2.45) is 0 Å². The fourth-order valence-electron chi connectivity index (χ4n) is 1.06. The molecule has 4 heteroatoms. The molecule has 2 atom stereocenters. The summed E-state index contributed by atoms with van der Waals surface area (Å²) in [4.78, 5) is 11.0. The Hall–Kier alpha value is -0.870. The van der Waals surface area contributed by atoms with Crippen LogP contribution in [0, 0.1) is 0 Å². The predicted octanol–water partition coefficient (Wildman–Crippen LogP) is -0.562. The number of esters is 1. The molecule has 0 bridgehead atoms. The Kier molecular flexibility index (Phi) is 2.49. The van der Waals surface area contributed by atoms with Crippen molar-refractivity contribution in [2.45, 2.75) is 18.5 Å². The van der Waals surface area contributed by atoms with Gasteiger partial charge in [0, 0.05) is 0 Å². The minimum absolute atomic E-state index is 0.248. The zero-order valence-electron chi connectivity index (χ0n) is 7.04. The van der Waals surface area contributed by atoms with E-state index in [0.29, 0.717) is 0 Å². The van der Waals surface area contributed by atoms with Gasteiger partial charge in [-0.1, -0.05) is 6.08 Å². The van der Waals surface area contributed by atoms with Gasteiger partial charge in [-0.15, -0.1) is 6.58 Å². The van der Waals surface area contributed by atoms with Gasteiger partial charge in [0.25, 0.3) is 0 Å². The molecule has 1 fully saturated rings. The van der Waals surface area contributed by atoms with Gasteiger partial charge in [0.15, 0.2) is 0 Å². The third-order valence-electron chi connectivity index (χ3n) is 1.94. The molecule has 0 saturated carbocycles. The second-order valence-electron chi connectivity index (χ2n) is 3.11. The van der Waals surface area contributed by atoms with Crippen molar-refractivity contribution >= 4 is 5.97 Å². The molecule has 0 aromatic carbocycles. The summed E-state index contributed by atoms with van der Waals surface area (Å²) in [6.45, 7) is 5.49. The number of carbonyl (C=O) groups excluding carboxylic acids is 1. The SMILES string of the molecule is C=C[C@@]1(C)COC(=O)[C@H](CO)N1. The molecule has 4 nitrogen and oxygen atoms in total. The molecule has 2 N–H and O–H groups in total. The molecule has 1 rings (SSSR count). The average Bonchev–Trinajstić information content (AvgIpc) is 2.10. The molecule has 0 spiro atoms.